The lowest BCUT2D eigenvalue weighted by Crippen LogP contribution is -2.10. The highest BCUT2D eigenvalue weighted by atomic mass is 32.1. The van der Waals surface area contributed by atoms with Gasteiger partial charge < -0.3 is 4.90 Å². The maximum absolute atomic E-state index is 2.45. The second kappa shape index (κ2) is 10.5. The highest BCUT2D eigenvalue weighted by Crippen LogP contribution is 2.47. The second-order valence-corrected chi connectivity index (χ2v) is 14.2. The average Bonchev–Trinajstić information content (AvgIpc) is 3.71. The zero-order valence-electron chi connectivity index (χ0n) is 25.4. The van der Waals surface area contributed by atoms with Gasteiger partial charge in [-0.15, -0.1) is 22.7 Å². The molecule has 0 radical (unpaired) electrons. The Bertz CT molecular complexity index is 2800. The second-order valence-electron chi connectivity index (χ2n) is 12.1. The molecule has 0 amide bonds. The third-order valence-corrected chi connectivity index (χ3v) is 11.8. The van der Waals surface area contributed by atoms with Crippen molar-refractivity contribution >= 4 is 102 Å². The van der Waals surface area contributed by atoms with Crippen LogP contribution in [0.15, 0.2) is 164 Å². The van der Waals surface area contributed by atoms with Gasteiger partial charge in [-0.1, -0.05) is 121 Å². The first-order valence-corrected chi connectivity index (χ1v) is 17.6. The molecule has 0 bridgehead atoms. The maximum atomic E-state index is 2.45. The van der Waals surface area contributed by atoms with Gasteiger partial charge in [-0.25, -0.2) is 0 Å². The predicted molar refractivity (Wildman–Crippen MR) is 207 cm³/mol. The van der Waals surface area contributed by atoms with Gasteiger partial charge in [0.05, 0.1) is 10.4 Å². The van der Waals surface area contributed by atoms with Gasteiger partial charge in [0, 0.05) is 47.0 Å². The minimum Gasteiger partial charge on any atom is -0.309 e. The van der Waals surface area contributed by atoms with Crippen LogP contribution in [0, 0.1) is 0 Å². The van der Waals surface area contributed by atoms with Crippen molar-refractivity contribution in [1.82, 2.24) is 0 Å². The number of anilines is 3. The molecule has 0 unspecified atom stereocenters. The highest BCUT2D eigenvalue weighted by Gasteiger charge is 2.20. The molecule has 0 aliphatic heterocycles. The lowest BCUT2D eigenvalue weighted by Gasteiger charge is -2.26. The van der Waals surface area contributed by atoms with Crippen molar-refractivity contribution in [2.45, 2.75) is 0 Å². The standard InChI is InChI=1S/C44H27NS2/c1-3-12-33-28(9-1)11-7-15-34(33)30-19-22-31(23-20-30)45(39-17-8-16-37-36-14-5-6-18-40(36)47-44(37)39)32-24-25-38-42(27-32)46-41-26-21-29-10-2-4-13-35(29)43(38)41/h1-27H. The lowest BCUT2D eigenvalue weighted by molar-refractivity contribution is 1.31. The third-order valence-electron chi connectivity index (χ3n) is 9.45. The summed E-state index contributed by atoms with van der Waals surface area (Å²) in [7, 11) is 0. The first-order valence-electron chi connectivity index (χ1n) is 15.9. The van der Waals surface area contributed by atoms with E-state index in [4.69, 9.17) is 0 Å². The molecule has 0 saturated heterocycles. The molecule has 2 aromatic heterocycles. The molecule has 0 aliphatic rings. The van der Waals surface area contributed by atoms with Crippen molar-refractivity contribution in [3.05, 3.63) is 164 Å². The molecule has 3 heteroatoms. The molecular formula is C44H27NS2. The summed E-state index contributed by atoms with van der Waals surface area (Å²) >= 11 is 3.76. The fourth-order valence-electron chi connectivity index (χ4n) is 7.28. The van der Waals surface area contributed by atoms with E-state index in [2.05, 4.69) is 169 Å². The van der Waals surface area contributed by atoms with Crippen molar-refractivity contribution in [3.8, 4) is 11.1 Å². The van der Waals surface area contributed by atoms with E-state index in [1.54, 1.807) is 0 Å². The van der Waals surface area contributed by atoms with Crippen LogP contribution in [0.3, 0.4) is 0 Å². The Hall–Kier alpha value is -5.48. The van der Waals surface area contributed by atoms with Gasteiger partial charge in [0.15, 0.2) is 0 Å². The van der Waals surface area contributed by atoms with Crippen LogP contribution >= 0.6 is 22.7 Å². The summed E-state index contributed by atoms with van der Waals surface area (Å²) in [5.41, 5.74) is 5.98. The smallest absolute Gasteiger partial charge is 0.0640 e. The van der Waals surface area contributed by atoms with E-state index < -0.39 is 0 Å². The van der Waals surface area contributed by atoms with Crippen LogP contribution in [0.25, 0.3) is 73.0 Å². The van der Waals surface area contributed by atoms with Crippen LogP contribution in [0.4, 0.5) is 17.1 Å². The molecule has 0 aliphatic carbocycles. The summed E-state index contributed by atoms with van der Waals surface area (Å²) in [5.74, 6) is 0. The van der Waals surface area contributed by atoms with E-state index >= 15 is 0 Å². The Kier molecular flexibility index (Phi) is 5.98. The van der Waals surface area contributed by atoms with E-state index in [9.17, 15) is 0 Å². The monoisotopic (exact) mass is 633 g/mol. The first-order chi connectivity index (χ1) is 23.3. The quantitative estimate of drug-likeness (QED) is 0.186. The van der Waals surface area contributed by atoms with Crippen molar-refractivity contribution in [2.75, 3.05) is 4.90 Å². The number of fused-ring (bicyclic) bond motifs is 9. The Morgan fingerprint density at radius 1 is 0.383 bits per heavy atom. The van der Waals surface area contributed by atoms with Crippen LogP contribution in [0.1, 0.15) is 0 Å². The molecule has 0 fully saturated rings. The molecule has 2 heterocycles. The summed E-state index contributed by atoms with van der Waals surface area (Å²) in [5, 5.41) is 10.4. The molecule has 8 aromatic carbocycles. The Balaban J connectivity index is 1.19. The van der Waals surface area contributed by atoms with Gasteiger partial charge in [0.2, 0.25) is 0 Å². The van der Waals surface area contributed by atoms with Gasteiger partial charge in [-0.3, -0.25) is 0 Å². The van der Waals surface area contributed by atoms with Crippen LogP contribution < -0.4 is 4.90 Å². The van der Waals surface area contributed by atoms with Gasteiger partial charge in [-0.05, 0) is 75.1 Å². The fraction of sp³-hybridized carbons (Fsp3) is 0. The molecule has 0 spiro atoms. The fourth-order valence-corrected chi connectivity index (χ4v) is 9.64. The third kappa shape index (κ3) is 4.21. The number of rotatable bonds is 4. The van der Waals surface area contributed by atoms with Crippen molar-refractivity contribution in [3.63, 3.8) is 0 Å². The van der Waals surface area contributed by atoms with E-state index in [0.717, 1.165) is 11.4 Å². The molecule has 0 saturated carbocycles. The normalized spacial score (nSPS) is 11.8. The number of hydrogen-bond donors (Lipinski definition) is 0. The van der Waals surface area contributed by atoms with Crippen LogP contribution in [0.5, 0.6) is 0 Å². The van der Waals surface area contributed by atoms with Gasteiger partial charge in [0.1, 0.15) is 0 Å². The lowest BCUT2D eigenvalue weighted by atomic mass is 9.98. The Morgan fingerprint density at radius 2 is 1.06 bits per heavy atom. The van der Waals surface area contributed by atoms with E-state index in [1.807, 2.05) is 22.7 Å². The molecule has 10 rings (SSSR count). The molecule has 0 N–H and O–H groups in total. The Labute approximate surface area is 280 Å². The Morgan fingerprint density at radius 3 is 1.94 bits per heavy atom. The minimum absolute atomic E-state index is 1.14. The van der Waals surface area contributed by atoms with Crippen molar-refractivity contribution in [2.24, 2.45) is 0 Å². The molecule has 220 valence electrons. The first kappa shape index (κ1) is 26.7. The number of benzene rings is 8. The summed E-state index contributed by atoms with van der Waals surface area (Å²) in [6.07, 6.45) is 0. The van der Waals surface area contributed by atoms with Gasteiger partial charge in [-0.2, -0.15) is 0 Å². The number of nitrogens with zero attached hydrogens (tertiary/aromatic N) is 1. The minimum atomic E-state index is 1.14. The zero-order chi connectivity index (χ0) is 30.9. The van der Waals surface area contributed by atoms with Crippen molar-refractivity contribution < 1.29 is 0 Å². The summed E-state index contributed by atoms with van der Waals surface area (Å²) in [6.45, 7) is 0. The highest BCUT2D eigenvalue weighted by molar-refractivity contribution is 7.26. The zero-order valence-corrected chi connectivity index (χ0v) is 27.0. The van der Waals surface area contributed by atoms with Crippen LogP contribution in [0.2, 0.25) is 0 Å². The molecule has 10 aromatic rings. The van der Waals surface area contributed by atoms with Crippen molar-refractivity contribution in [1.29, 1.82) is 0 Å². The largest absolute Gasteiger partial charge is 0.309 e. The topological polar surface area (TPSA) is 3.24 Å². The summed E-state index contributed by atoms with van der Waals surface area (Å²) in [6, 6.07) is 60.1. The molecule has 47 heavy (non-hydrogen) atoms. The summed E-state index contributed by atoms with van der Waals surface area (Å²) in [4.78, 5) is 2.45. The molecular weight excluding hydrogens is 607 g/mol. The maximum Gasteiger partial charge on any atom is 0.0640 e. The van der Waals surface area contributed by atoms with Gasteiger partial charge >= 0.3 is 0 Å². The number of hydrogen-bond acceptors (Lipinski definition) is 3. The number of thiophene rings is 2. The SMILES string of the molecule is c1ccc2c(-c3ccc(N(c4ccc5c(c4)sc4ccc6ccccc6c45)c4cccc5c4sc4ccccc45)cc3)cccc2c1. The molecule has 0 atom stereocenters. The van der Waals surface area contributed by atoms with Gasteiger partial charge in [0.25, 0.3) is 0 Å². The van der Waals surface area contributed by atoms with E-state index in [-0.39, 0.29) is 0 Å². The van der Waals surface area contributed by atoms with Crippen LogP contribution in [-0.4, -0.2) is 0 Å². The predicted octanol–water partition coefficient (Wildman–Crippen LogP) is 13.9. The van der Waals surface area contributed by atoms with E-state index in [0.29, 0.717) is 0 Å². The average molecular weight is 634 g/mol. The molecule has 1 nitrogen and oxygen atoms in total. The summed E-state index contributed by atoms with van der Waals surface area (Å²) < 4.78 is 5.24. The van der Waals surface area contributed by atoms with E-state index in [1.165, 1.54) is 78.7 Å². The van der Waals surface area contributed by atoms with Crippen LogP contribution in [-0.2, 0) is 0 Å².